The highest BCUT2D eigenvalue weighted by atomic mass is 13.9. The Morgan fingerprint density at radius 2 is 1.91 bits per heavy atom. The highest BCUT2D eigenvalue weighted by molar-refractivity contribution is 5.22. The highest BCUT2D eigenvalue weighted by Gasteiger charge is 1.90. The fourth-order valence-electron chi connectivity index (χ4n) is 0.975. The van der Waals surface area contributed by atoms with E-state index in [1.807, 2.05) is 6.07 Å². The molecule has 1 aromatic rings. The Labute approximate surface area is 69.3 Å². The second-order valence-corrected chi connectivity index (χ2v) is 2.55. The van der Waals surface area contributed by atoms with Gasteiger partial charge in [-0.15, -0.1) is 0 Å². The lowest BCUT2D eigenvalue weighted by Crippen LogP contribution is -1.80. The number of rotatable bonds is 4. The molecule has 0 aliphatic heterocycles. The molecule has 0 aliphatic carbocycles. The molecule has 0 heteroatoms. The monoisotopic (exact) mass is 146 g/mol. The predicted octanol–water partition coefficient (Wildman–Crippen LogP) is 3.24. The molecular weight excluding hydrogens is 132 g/mol. The Balaban J connectivity index is 2.28. The van der Waals surface area contributed by atoms with Gasteiger partial charge in [-0.25, -0.2) is 0 Å². The van der Waals surface area contributed by atoms with E-state index in [1.165, 1.54) is 5.56 Å². The molecule has 0 spiro atoms. The van der Waals surface area contributed by atoms with Gasteiger partial charge >= 0.3 is 0 Å². The Bertz CT molecular complexity index is 176. The molecule has 0 saturated heterocycles. The topological polar surface area (TPSA) is 0 Å². The minimum Gasteiger partial charge on any atom is -0.0651 e. The van der Waals surface area contributed by atoms with E-state index in [-0.39, 0.29) is 0 Å². The summed E-state index contributed by atoms with van der Waals surface area (Å²) in [6, 6.07) is 10.4. The SMILES string of the molecule is CC[CH]C[CH]c1ccccc1. The summed E-state index contributed by atoms with van der Waals surface area (Å²) in [6.45, 7) is 2.17. The molecule has 0 aliphatic rings. The van der Waals surface area contributed by atoms with Crippen molar-refractivity contribution in [1.29, 1.82) is 0 Å². The molecule has 58 valence electrons. The number of hydrogen-bond donors (Lipinski definition) is 0. The van der Waals surface area contributed by atoms with Crippen LogP contribution in [0.3, 0.4) is 0 Å². The average molecular weight is 146 g/mol. The van der Waals surface area contributed by atoms with E-state index in [1.54, 1.807) is 0 Å². The maximum absolute atomic E-state index is 2.27. The van der Waals surface area contributed by atoms with Gasteiger partial charge in [-0.1, -0.05) is 43.7 Å². The van der Waals surface area contributed by atoms with Crippen LogP contribution in [0.5, 0.6) is 0 Å². The van der Waals surface area contributed by atoms with E-state index in [0.29, 0.717) is 0 Å². The molecule has 1 rings (SSSR count). The standard InChI is InChI=1S/C11H14/c1-2-3-5-8-11-9-6-4-7-10-11/h3-4,6-10H,2,5H2,1H3. The fraction of sp³-hybridized carbons (Fsp3) is 0.273. The summed E-state index contributed by atoms with van der Waals surface area (Å²) in [5.41, 5.74) is 1.32. The minimum absolute atomic E-state index is 1.08. The molecule has 0 amide bonds. The van der Waals surface area contributed by atoms with Crippen LogP contribution in [0.25, 0.3) is 0 Å². The van der Waals surface area contributed by atoms with Crippen LogP contribution < -0.4 is 0 Å². The average Bonchev–Trinajstić information content (AvgIpc) is 2.07. The summed E-state index contributed by atoms with van der Waals surface area (Å²) in [5, 5.41) is 0. The third-order valence-electron chi connectivity index (χ3n) is 1.61. The molecule has 0 unspecified atom stereocenters. The lowest BCUT2D eigenvalue weighted by molar-refractivity contribution is 0.991. The first-order valence-electron chi connectivity index (χ1n) is 4.13. The molecule has 0 fully saturated rings. The summed E-state index contributed by atoms with van der Waals surface area (Å²) in [6.07, 6.45) is 6.75. The van der Waals surface area contributed by atoms with E-state index in [9.17, 15) is 0 Å². The maximum atomic E-state index is 2.27. The van der Waals surface area contributed by atoms with Crippen LogP contribution in [0, 0.1) is 12.8 Å². The molecule has 0 nitrogen and oxygen atoms in total. The summed E-state index contributed by atoms with van der Waals surface area (Å²) in [7, 11) is 0. The van der Waals surface area contributed by atoms with Crippen molar-refractivity contribution in [2.75, 3.05) is 0 Å². The molecule has 0 saturated carbocycles. The van der Waals surface area contributed by atoms with Gasteiger partial charge in [0.05, 0.1) is 0 Å². The second-order valence-electron chi connectivity index (χ2n) is 2.55. The van der Waals surface area contributed by atoms with E-state index < -0.39 is 0 Å². The first-order chi connectivity index (χ1) is 5.43. The van der Waals surface area contributed by atoms with Gasteiger partial charge in [-0.2, -0.15) is 0 Å². The highest BCUT2D eigenvalue weighted by Crippen LogP contribution is 2.06. The Morgan fingerprint density at radius 3 is 2.55 bits per heavy atom. The third-order valence-corrected chi connectivity index (χ3v) is 1.61. The predicted molar refractivity (Wildman–Crippen MR) is 49.1 cm³/mol. The van der Waals surface area contributed by atoms with Crippen LogP contribution in [-0.2, 0) is 0 Å². The first kappa shape index (κ1) is 8.32. The lowest BCUT2D eigenvalue weighted by Gasteiger charge is -1.97. The van der Waals surface area contributed by atoms with Crippen LogP contribution in [0.4, 0.5) is 0 Å². The largest absolute Gasteiger partial charge is 0.0651 e. The summed E-state index contributed by atoms with van der Waals surface area (Å²) in [5.74, 6) is 0. The number of unbranched alkanes of at least 4 members (excludes halogenated alkanes) is 2. The van der Waals surface area contributed by atoms with Gasteiger partial charge in [-0.05, 0) is 24.8 Å². The van der Waals surface area contributed by atoms with Gasteiger partial charge < -0.3 is 0 Å². The van der Waals surface area contributed by atoms with Gasteiger partial charge in [-0.3, -0.25) is 0 Å². The number of hydrogen-bond acceptors (Lipinski definition) is 0. The minimum atomic E-state index is 1.08. The molecule has 2 radical (unpaired) electrons. The van der Waals surface area contributed by atoms with Crippen molar-refractivity contribution in [3.63, 3.8) is 0 Å². The van der Waals surface area contributed by atoms with Gasteiger partial charge in [0.2, 0.25) is 0 Å². The van der Waals surface area contributed by atoms with Crippen molar-refractivity contribution >= 4 is 0 Å². The normalized spacial score (nSPS) is 9.91. The van der Waals surface area contributed by atoms with Crippen LogP contribution in [0.1, 0.15) is 25.3 Å². The van der Waals surface area contributed by atoms with Gasteiger partial charge in [0.1, 0.15) is 0 Å². The zero-order valence-electron chi connectivity index (χ0n) is 6.96. The first-order valence-corrected chi connectivity index (χ1v) is 4.13. The van der Waals surface area contributed by atoms with Crippen molar-refractivity contribution in [2.24, 2.45) is 0 Å². The van der Waals surface area contributed by atoms with Crippen LogP contribution in [0.15, 0.2) is 30.3 Å². The summed E-state index contributed by atoms with van der Waals surface area (Å²) >= 11 is 0. The maximum Gasteiger partial charge on any atom is -0.00903 e. The summed E-state index contributed by atoms with van der Waals surface area (Å²) in [4.78, 5) is 0. The molecule has 0 bridgehead atoms. The smallest absolute Gasteiger partial charge is 0.00903 e. The van der Waals surface area contributed by atoms with Gasteiger partial charge in [0.15, 0.2) is 0 Å². The Kier molecular flexibility index (Phi) is 3.74. The quantitative estimate of drug-likeness (QED) is 0.572. The van der Waals surface area contributed by atoms with Crippen LogP contribution in [0.2, 0.25) is 0 Å². The van der Waals surface area contributed by atoms with Crippen LogP contribution in [-0.4, -0.2) is 0 Å². The second kappa shape index (κ2) is 4.95. The Morgan fingerprint density at radius 1 is 1.18 bits per heavy atom. The molecule has 11 heavy (non-hydrogen) atoms. The van der Waals surface area contributed by atoms with Crippen molar-refractivity contribution in [2.45, 2.75) is 19.8 Å². The molecule has 1 aromatic carbocycles. The van der Waals surface area contributed by atoms with E-state index in [0.717, 1.165) is 12.8 Å². The third kappa shape index (κ3) is 3.22. The van der Waals surface area contributed by atoms with E-state index in [4.69, 9.17) is 0 Å². The lowest BCUT2D eigenvalue weighted by atomic mass is 10.1. The van der Waals surface area contributed by atoms with Crippen molar-refractivity contribution in [1.82, 2.24) is 0 Å². The molecule has 0 atom stereocenters. The molecule has 0 N–H and O–H groups in total. The Hall–Kier alpha value is -0.780. The van der Waals surface area contributed by atoms with Crippen molar-refractivity contribution in [3.05, 3.63) is 48.7 Å². The summed E-state index contributed by atoms with van der Waals surface area (Å²) < 4.78 is 0. The van der Waals surface area contributed by atoms with Crippen LogP contribution >= 0.6 is 0 Å². The zero-order chi connectivity index (χ0) is 7.94. The molecule has 0 aromatic heterocycles. The fourth-order valence-corrected chi connectivity index (χ4v) is 0.975. The van der Waals surface area contributed by atoms with E-state index >= 15 is 0 Å². The molecule has 0 heterocycles. The van der Waals surface area contributed by atoms with Crippen molar-refractivity contribution < 1.29 is 0 Å². The van der Waals surface area contributed by atoms with Gasteiger partial charge in [0, 0.05) is 0 Å². The van der Waals surface area contributed by atoms with Crippen molar-refractivity contribution in [3.8, 4) is 0 Å². The van der Waals surface area contributed by atoms with Gasteiger partial charge in [0.25, 0.3) is 0 Å². The number of benzene rings is 1. The molecular formula is C11H14. The zero-order valence-corrected chi connectivity index (χ0v) is 6.96. The van der Waals surface area contributed by atoms with E-state index in [2.05, 4.69) is 44.0 Å².